The highest BCUT2D eigenvalue weighted by Gasteiger charge is 2.22. The van der Waals surface area contributed by atoms with E-state index in [1.54, 1.807) is 6.07 Å². The number of likely N-dealkylation sites (N-methyl/N-ethyl adjacent to an activating group) is 1. The number of carbonyl (C=O) groups excluding carboxylic acids is 1. The van der Waals surface area contributed by atoms with Crippen LogP contribution >= 0.6 is 0 Å². The van der Waals surface area contributed by atoms with Gasteiger partial charge < -0.3 is 14.8 Å². The van der Waals surface area contributed by atoms with Crippen molar-refractivity contribution in [2.45, 2.75) is 53.6 Å². The van der Waals surface area contributed by atoms with E-state index in [4.69, 9.17) is 4.98 Å². The van der Waals surface area contributed by atoms with Crippen molar-refractivity contribution < 1.29 is 13.6 Å². The summed E-state index contributed by atoms with van der Waals surface area (Å²) in [6.45, 7) is 12.9. The first kappa shape index (κ1) is 27.6. The van der Waals surface area contributed by atoms with Crippen LogP contribution in [0.25, 0.3) is 22.3 Å². The van der Waals surface area contributed by atoms with Gasteiger partial charge in [0, 0.05) is 49.9 Å². The normalized spacial score (nSPS) is 13.6. The maximum absolute atomic E-state index is 15.0. The van der Waals surface area contributed by atoms with Crippen LogP contribution < -0.4 is 5.32 Å². The average Bonchev–Trinajstić information content (AvgIpc) is 3.27. The van der Waals surface area contributed by atoms with Crippen LogP contribution in [-0.2, 0) is 17.8 Å². The number of aromatic nitrogens is 5. The van der Waals surface area contributed by atoms with Gasteiger partial charge in [0.2, 0.25) is 11.9 Å². The Morgan fingerprint density at radius 3 is 2.60 bits per heavy atom. The number of hydrogen-bond donors (Lipinski definition) is 1. The molecule has 1 N–H and O–H groups in total. The Hall–Kier alpha value is -3.99. The molecular weight excluding hydrogens is 514 g/mol. The SMILES string of the molecule is CCN(CC)C(=O)CN1CCc2nc(Nc3ncc(F)c(-c4cc(F)c5nc(C)n(C(C)C)c5c4)n3)ccc2C1. The molecule has 11 heteroatoms. The monoisotopic (exact) mass is 548 g/mol. The van der Waals surface area contributed by atoms with E-state index < -0.39 is 11.6 Å². The Morgan fingerprint density at radius 1 is 1.10 bits per heavy atom. The van der Waals surface area contributed by atoms with Crippen LogP contribution in [0.5, 0.6) is 0 Å². The van der Waals surface area contributed by atoms with Gasteiger partial charge in [-0.05, 0) is 58.4 Å². The minimum absolute atomic E-state index is 0.0149. The number of carbonyl (C=O) groups is 1. The summed E-state index contributed by atoms with van der Waals surface area (Å²) >= 11 is 0. The van der Waals surface area contributed by atoms with Crippen LogP contribution in [-0.4, -0.2) is 66.4 Å². The molecule has 1 amide bonds. The van der Waals surface area contributed by atoms with E-state index in [0.29, 0.717) is 55.3 Å². The second-order valence-electron chi connectivity index (χ2n) is 10.3. The lowest BCUT2D eigenvalue weighted by Crippen LogP contribution is -2.42. The quantitative estimate of drug-likeness (QED) is 0.330. The minimum Gasteiger partial charge on any atom is -0.342 e. The fourth-order valence-electron chi connectivity index (χ4n) is 5.35. The molecule has 1 aliphatic heterocycles. The number of nitrogens with zero attached hydrogens (tertiary/aromatic N) is 7. The first-order valence-electron chi connectivity index (χ1n) is 13.6. The number of fused-ring (bicyclic) bond motifs is 2. The zero-order valence-electron chi connectivity index (χ0n) is 23.5. The Morgan fingerprint density at radius 2 is 1.88 bits per heavy atom. The molecule has 0 atom stereocenters. The van der Waals surface area contributed by atoms with Crippen molar-refractivity contribution in [3.63, 3.8) is 0 Å². The summed E-state index contributed by atoms with van der Waals surface area (Å²) in [7, 11) is 0. The highest BCUT2D eigenvalue weighted by atomic mass is 19.1. The van der Waals surface area contributed by atoms with E-state index in [-0.39, 0.29) is 29.1 Å². The van der Waals surface area contributed by atoms with E-state index in [1.807, 2.05) is 56.2 Å². The van der Waals surface area contributed by atoms with Crippen molar-refractivity contribution in [3.05, 3.63) is 59.2 Å². The molecule has 0 radical (unpaired) electrons. The van der Waals surface area contributed by atoms with Crippen LogP contribution in [0.3, 0.4) is 0 Å². The lowest BCUT2D eigenvalue weighted by Gasteiger charge is -2.30. The molecule has 40 heavy (non-hydrogen) atoms. The Kier molecular flexibility index (Phi) is 7.75. The number of nitrogens with one attached hydrogen (secondary N) is 1. The lowest BCUT2D eigenvalue weighted by molar-refractivity contribution is -0.132. The maximum Gasteiger partial charge on any atom is 0.236 e. The first-order chi connectivity index (χ1) is 19.2. The van der Waals surface area contributed by atoms with Crippen LogP contribution in [0.4, 0.5) is 20.5 Å². The van der Waals surface area contributed by atoms with Crippen molar-refractivity contribution in [1.29, 1.82) is 0 Å². The molecule has 5 rings (SSSR count). The highest BCUT2D eigenvalue weighted by molar-refractivity contribution is 5.83. The molecule has 210 valence electrons. The highest BCUT2D eigenvalue weighted by Crippen LogP contribution is 2.30. The fraction of sp³-hybridized carbons (Fsp3) is 0.414. The van der Waals surface area contributed by atoms with Gasteiger partial charge in [-0.15, -0.1) is 0 Å². The molecular formula is C29H34F2N8O. The third-order valence-electron chi connectivity index (χ3n) is 7.30. The van der Waals surface area contributed by atoms with Crippen LogP contribution in [0.15, 0.2) is 30.5 Å². The topological polar surface area (TPSA) is 92.1 Å². The molecule has 1 aliphatic rings. The molecule has 0 fully saturated rings. The second-order valence-corrected chi connectivity index (χ2v) is 10.3. The van der Waals surface area contributed by atoms with Gasteiger partial charge >= 0.3 is 0 Å². The van der Waals surface area contributed by atoms with E-state index in [2.05, 4.69) is 25.2 Å². The average molecular weight is 549 g/mol. The molecule has 3 aromatic heterocycles. The van der Waals surface area contributed by atoms with E-state index in [0.717, 1.165) is 24.0 Å². The van der Waals surface area contributed by atoms with Crippen molar-refractivity contribution in [3.8, 4) is 11.3 Å². The van der Waals surface area contributed by atoms with Gasteiger partial charge in [-0.25, -0.2) is 28.7 Å². The number of aryl methyl sites for hydroxylation is 1. The molecule has 0 bridgehead atoms. The molecule has 0 unspecified atom stereocenters. The first-order valence-corrected chi connectivity index (χ1v) is 13.6. The summed E-state index contributed by atoms with van der Waals surface area (Å²) in [5.74, 6) is 0.302. The van der Waals surface area contributed by atoms with Crippen molar-refractivity contribution in [1.82, 2.24) is 34.3 Å². The van der Waals surface area contributed by atoms with Gasteiger partial charge in [0.1, 0.15) is 22.9 Å². The van der Waals surface area contributed by atoms with Crippen molar-refractivity contribution in [2.75, 3.05) is 31.5 Å². The summed E-state index contributed by atoms with van der Waals surface area (Å²) in [5.41, 5.74) is 3.11. The van der Waals surface area contributed by atoms with Gasteiger partial charge in [-0.1, -0.05) is 6.07 Å². The number of benzene rings is 1. The molecule has 0 spiro atoms. The number of imidazole rings is 1. The number of halogens is 2. The summed E-state index contributed by atoms with van der Waals surface area (Å²) in [6, 6.07) is 6.81. The third kappa shape index (κ3) is 5.38. The summed E-state index contributed by atoms with van der Waals surface area (Å²) in [5, 5.41) is 3.06. The number of hydrogen-bond acceptors (Lipinski definition) is 7. The van der Waals surface area contributed by atoms with Gasteiger partial charge in [0.25, 0.3) is 0 Å². The van der Waals surface area contributed by atoms with Crippen LogP contribution in [0.1, 0.15) is 50.8 Å². The zero-order valence-corrected chi connectivity index (χ0v) is 23.5. The Balaban J connectivity index is 1.36. The number of anilines is 2. The number of pyridine rings is 1. The summed E-state index contributed by atoms with van der Waals surface area (Å²) < 4.78 is 31.8. The lowest BCUT2D eigenvalue weighted by atomic mass is 10.1. The smallest absolute Gasteiger partial charge is 0.236 e. The fourth-order valence-corrected chi connectivity index (χ4v) is 5.35. The van der Waals surface area contributed by atoms with Gasteiger partial charge in [-0.3, -0.25) is 9.69 Å². The van der Waals surface area contributed by atoms with Crippen molar-refractivity contribution in [2.24, 2.45) is 0 Å². The Bertz CT molecular complexity index is 1560. The van der Waals surface area contributed by atoms with E-state index >= 15 is 4.39 Å². The second kappa shape index (κ2) is 11.2. The van der Waals surface area contributed by atoms with Crippen LogP contribution in [0.2, 0.25) is 0 Å². The van der Waals surface area contributed by atoms with Gasteiger partial charge in [0.05, 0.1) is 18.3 Å². The zero-order chi connectivity index (χ0) is 28.6. The number of rotatable bonds is 8. The standard InChI is InChI=1S/C29H34F2N8O/c1-6-38(7-2)26(40)16-37-11-10-23-19(15-37)8-9-25(34-23)35-29-32-14-22(31)27(36-29)20-12-21(30)28-24(13-20)39(17(3)4)18(5)33-28/h8-9,12-14,17H,6-7,10-11,15-16H2,1-5H3,(H,32,34,35,36). The van der Waals surface area contributed by atoms with Gasteiger partial charge in [-0.2, -0.15) is 0 Å². The molecule has 0 saturated heterocycles. The third-order valence-corrected chi connectivity index (χ3v) is 7.30. The van der Waals surface area contributed by atoms with Gasteiger partial charge in [0.15, 0.2) is 11.6 Å². The van der Waals surface area contributed by atoms with Crippen LogP contribution in [0, 0.1) is 18.6 Å². The predicted molar refractivity (Wildman–Crippen MR) is 150 cm³/mol. The largest absolute Gasteiger partial charge is 0.342 e. The summed E-state index contributed by atoms with van der Waals surface area (Å²) in [6.07, 6.45) is 1.77. The molecule has 4 aromatic rings. The van der Waals surface area contributed by atoms with E-state index in [9.17, 15) is 9.18 Å². The molecule has 0 saturated carbocycles. The molecule has 4 heterocycles. The minimum atomic E-state index is -0.658. The predicted octanol–water partition coefficient (Wildman–Crippen LogP) is 5.03. The summed E-state index contributed by atoms with van der Waals surface area (Å²) in [4.78, 5) is 34.0. The Labute approximate surface area is 232 Å². The number of amides is 1. The molecule has 9 nitrogen and oxygen atoms in total. The maximum atomic E-state index is 15.0. The van der Waals surface area contributed by atoms with E-state index in [1.165, 1.54) is 6.07 Å². The van der Waals surface area contributed by atoms with Crippen molar-refractivity contribution >= 4 is 28.7 Å². The molecule has 1 aromatic carbocycles. The molecule has 0 aliphatic carbocycles.